The Labute approximate surface area is 377 Å². The molecule has 0 aliphatic heterocycles. The number of fused-ring (bicyclic) bond motifs is 12. The van der Waals surface area contributed by atoms with Crippen LogP contribution in [0.1, 0.15) is 22.3 Å². The molecule has 0 atom stereocenters. The molecule has 13 rings (SSSR count). The van der Waals surface area contributed by atoms with Gasteiger partial charge in [0.2, 0.25) is 0 Å². The van der Waals surface area contributed by atoms with Crippen molar-refractivity contribution in [1.82, 2.24) is 19.9 Å². The zero-order valence-corrected chi connectivity index (χ0v) is 35.2. The molecule has 4 nitrogen and oxygen atoms in total. The summed E-state index contributed by atoms with van der Waals surface area (Å²) in [5, 5.41) is 2.33. The summed E-state index contributed by atoms with van der Waals surface area (Å²) in [7, 11) is 0. The van der Waals surface area contributed by atoms with Gasteiger partial charge in [-0.25, -0.2) is 19.9 Å². The molecule has 2 heterocycles. The Balaban J connectivity index is 0.903. The molecule has 2 aromatic heterocycles. The molecule has 2 aliphatic carbocycles. The summed E-state index contributed by atoms with van der Waals surface area (Å²) in [4.78, 5) is 20.9. The van der Waals surface area contributed by atoms with Crippen molar-refractivity contribution in [3.63, 3.8) is 0 Å². The lowest BCUT2D eigenvalue weighted by atomic mass is 9.69. The summed E-state index contributed by atoms with van der Waals surface area (Å²) in [6, 6.07) is 81.9. The Kier molecular flexibility index (Phi) is 8.40. The average molecular weight is 827 g/mol. The van der Waals surface area contributed by atoms with E-state index in [1.165, 1.54) is 55.5 Å². The molecule has 302 valence electrons. The fourth-order valence-electron chi connectivity index (χ4n) is 10.4. The third-order valence-corrected chi connectivity index (χ3v) is 13.4. The average Bonchev–Trinajstić information content (AvgIpc) is 3.86. The van der Waals surface area contributed by atoms with Crippen LogP contribution >= 0.6 is 0 Å². The van der Waals surface area contributed by atoms with Crippen LogP contribution < -0.4 is 0 Å². The molecule has 0 bridgehead atoms. The number of nitrogens with zero attached hydrogens (tertiary/aromatic N) is 4. The number of hydrogen-bond acceptors (Lipinski definition) is 4. The smallest absolute Gasteiger partial charge is 0.164 e. The minimum absolute atomic E-state index is 0.477. The van der Waals surface area contributed by atoms with Crippen LogP contribution in [0.5, 0.6) is 0 Å². The van der Waals surface area contributed by atoms with Crippen LogP contribution in [0.4, 0.5) is 0 Å². The van der Waals surface area contributed by atoms with E-state index in [0.717, 1.165) is 50.2 Å². The summed E-state index contributed by atoms with van der Waals surface area (Å²) in [5.74, 6) is 1.87. The van der Waals surface area contributed by atoms with Gasteiger partial charge in [0, 0.05) is 38.8 Å². The van der Waals surface area contributed by atoms with Gasteiger partial charge in [-0.15, -0.1) is 0 Å². The van der Waals surface area contributed by atoms with Gasteiger partial charge in [0.1, 0.15) is 0 Å². The third-order valence-electron chi connectivity index (χ3n) is 13.4. The van der Waals surface area contributed by atoms with Crippen LogP contribution in [0.2, 0.25) is 0 Å². The Hall–Kier alpha value is -8.60. The third kappa shape index (κ3) is 5.77. The lowest BCUT2D eigenvalue weighted by molar-refractivity contribution is 0.799. The van der Waals surface area contributed by atoms with E-state index in [4.69, 9.17) is 19.9 Å². The lowest BCUT2D eigenvalue weighted by Gasteiger charge is -2.31. The molecule has 4 heteroatoms. The van der Waals surface area contributed by atoms with Crippen molar-refractivity contribution in [3.8, 4) is 90.1 Å². The van der Waals surface area contributed by atoms with Gasteiger partial charge in [-0.2, -0.15) is 0 Å². The molecule has 0 saturated carbocycles. The van der Waals surface area contributed by atoms with Crippen molar-refractivity contribution in [3.05, 3.63) is 253 Å². The van der Waals surface area contributed by atoms with E-state index in [-0.39, 0.29) is 0 Å². The summed E-state index contributed by atoms with van der Waals surface area (Å²) < 4.78 is 0. The molecule has 0 unspecified atom stereocenters. The maximum atomic E-state index is 5.67. The van der Waals surface area contributed by atoms with Crippen LogP contribution in [0, 0.1) is 0 Å². The van der Waals surface area contributed by atoms with Crippen molar-refractivity contribution in [2.75, 3.05) is 0 Å². The number of benzene rings is 9. The van der Waals surface area contributed by atoms with Gasteiger partial charge in [0.15, 0.2) is 17.5 Å². The summed E-state index contributed by atoms with van der Waals surface area (Å²) in [5.41, 5.74) is 18.9. The van der Waals surface area contributed by atoms with E-state index in [1.54, 1.807) is 0 Å². The highest BCUT2D eigenvalue weighted by Gasteiger charge is 2.53. The highest BCUT2D eigenvalue weighted by molar-refractivity contribution is 6.06. The first-order valence-corrected chi connectivity index (χ1v) is 22.1. The summed E-state index contributed by atoms with van der Waals surface area (Å²) in [6.07, 6.45) is 0. The fraction of sp³-hybridized carbons (Fsp3) is 0.0164. The zero-order valence-electron chi connectivity index (χ0n) is 35.2. The second-order valence-corrected chi connectivity index (χ2v) is 16.9. The van der Waals surface area contributed by atoms with Crippen molar-refractivity contribution >= 4 is 10.8 Å². The van der Waals surface area contributed by atoms with Gasteiger partial charge < -0.3 is 0 Å². The highest BCUT2D eigenvalue weighted by Crippen LogP contribution is 2.64. The topological polar surface area (TPSA) is 51.6 Å². The molecule has 65 heavy (non-hydrogen) atoms. The first kappa shape index (κ1) is 37.0. The van der Waals surface area contributed by atoms with Crippen LogP contribution in [0.15, 0.2) is 231 Å². The predicted molar refractivity (Wildman–Crippen MR) is 264 cm³/mol. The Morgan fingerprint density at radius 1 is 0.231 bits per heavy atom. The highest BCUT2D eigenvalue weighted by atomic mass is 15.0. The van der Waals surface area contributed by atoms with Crippen molar-refractivity contribution < 1.29 is 0 Å². The Bertz CT molecular complexity index is 3570. The van der Waals surface area contributed by atoms with E-state index < -0.39 is 5.41 Å². The molecule has 2 aliphatic rings. The largest absolute Gasteiger partial charge is 0.247 e. The predicted octanol–water partition coefficient (Wildman–Crippen LogP) is 14.8. The molecule has 0 fully saturated rings. The van der Waals surface area contributed by atoms with Crippen LogP contribution in [0.25, 0.3) is 101 Å². The van der Waals surface area contributed by atoms with Gasteiger partial charge in [0.25, 0.3) is 0 Å². The van der Waals surface area contributed by atoms with Crippen LogP contribution in [-0.4, -0.2) is 19.9 Å². The number of hydrogen-bond donors (Lipinski definition) is 0. The molecule has 0 N–H and O–H groups in total. The molecule has 0 radical (unpaired) electrons. The molecule has 9 aromatic carbocycles. The standard InChI is InChI=1S/C61H38N4/c1-3-15-39(16-4-1)40-27-29-41(30-28-40)42-31-35-45(36-32-42)59-63-58(44-17-5-2-6-18-44)64-60(65-59)46-37-33-43(34-38-46)56-50-22-8-7-21-49(50)55-57(62-56)51-23-11-14-26-54(51)61(55)52-24-12-9-19-47(52)48-20-10-13-25-53(48)61/h1-38H. The van der Waals surface area contributed by atoms with Crippen molar-refractivity contribution in [2.45, 2.75) is 5.41 Å². The zero-order chi connectivity index (χ0) is 42.9. The van der Waals surface area contributed by atoms with E-state index in [2.05, 4.69) is 194 Å². The van der Waals surface area contributed by atoms with Gasteiger partial charge in [0.05, 0.1) is 16.8 Å². The minimum atomic E-state index is -0.477. The molecule has 0 saturated heterocycles. The lowest BCUT2D eigenvalue weighted by Crippen LogP contribution is -2.26. The number of pyridine rings is 1. The summed E-state index contributed by atoms with van der Waals surface area (Å²) >= 11 is 0. The van der Waals surface area contributed by atoms with E-state index in [1.807, 2.05) is 36.4 Å². The quantitative estimate of drug-likeness (QED) is 0.168. The van der Waals surface area contributed by atoms with E-state index in [0.29, 0.717) is 17.5 Å². The number of rotatable bonds is 6. The maximum absolute atomic E-state index is 5.67. The van der Waals surface area contributed by atoms with Crippen LogP contribution in [0.3, 0.4) is 0 Å². The van der Waals surface area contributed by atoms with Gasteiger partial charge >= 0.3 is 0 Å². The molecule has 11 aromatic rings. The second-order valence-electron chi connectivity index (χ2n) is 16.9. The van der Waals surface area contributed by atoms with E-state index in [9.17, 15) is 0 Å². The molecular weight excluding hydrogens is 789 g/mol. The van der Waals surface area contributed by atoms with Crippen molar-refractivity contribution in [2.24, 2.45) is 0 Å². The Morgan fingerprint density at radius 3 is 1.08 bits per heavy atom. The minimum Gasteiger partial charge on any atom is -0.247 e. The normalized spacial score (nSPS) is 12.7. The Morgan fingerprint density at radius 2 is 0.569 bits per heavy atom. The molecule has 0 amide bonds. The molecule has 1 spiro atoms. The second kappa shape index (κ2) is 14.8. The van der Waals surface area contributed by atoms with Crippen molar-refractivity contribution in [1.29, 1.82) is 0 Å². The SMILES string of the molecule is c1ccc(-c2ccc(-c3ccc(-c4nc(-c5ccccc5)nc(-c5ccc(-c6nc7c(c8ccccc68)C6(c8ccccc8-c8ccccc86)c6ccccc6-7)cc5)n4)cc3)cc2)cc1. The number of aromatic nitrogens is 4. The monoisotopic (exact) mass is 826 g/mol. The van der Waals surface area contributed by atoms with Crippen LogP contribution in [-0.2, 0) is 5.41 Å². The maximum Gasteiger partial charge on any atom is 0.164 e. The first-order valence-electron chi connectivity index (χ1n) is 22.1. The van der Waals surface area contributed by atoms with Gasteiger partial charge in [-0.3, -0.25) is 0 Å². The molecular formula is C61H38N4. The first-order chi connectivity index (χ1) is 32.2. The summed E-state index contributed by atoms with van der Waals surface area (Å²) in [6.45, 7) is 0. The van der Waals surface area contributed by atoms with E-state index >= 15 is 0 Å². The fourth-order valence-corrected chi connectivity index (χ4v) is 10.4. The van der Waals surface area contributed by atoms with Gasteiger partial charge in [-0.05, 0) is 55.5 Å². The van der Waals surface area contributed by atoms with Gasteiger partial charge in [-0.1, -0.05) is 231 Å².